The summed E-state index contributed by atoms with van der Waals surface area (Å²) in [6.45, 7) is 2.70. The van der Waals surface area contributed by atoms with Crippen molar-refractivity contribution in [2.75, 3.05) is 5.75 Å². The number of nitrogens with zero attached hydrogens (tertiary/aromatic N) is 1. The van der Waals surface area contributed by atoms with Crippen molar-refractivity contribution in [3.8, 4) is 0 Å². The van der Waals surface area contributed by atoms with Gasteiger partial charge in [0.25, 0.3) is 0 Å². The maximum Gasteiger partial charge on any atom is 0.156 e. The van der Waals surface area contributed by atoms with E-state index in [-0.39, 0.29) is 11.5 Å². The molecule has 108 valence electrons. The molecule has 1 heterocycles. The van der Waals surface area contributed by atoms with Crippen LogP contribution in [0.1, 0.15) is 48.9 Å². The average Bonchev–Trinajstić information content (AvgIpc) is 2.96. The van der Waals surface area contributed by atoms with E-state index in [1.807, 2.05) is 13.1 Å². The maximum absolute atomic E-state index is 11.7. The number of nitrogens with one attached hydrogen (secondary N) is 1. The molecule has 1 aliphatic carbocycles. The molecule has 6 heteroatoms. The van der Waals surface area contributed by atoms with E-state index in [9.17, 15) is 8.42 Å². The Balaban J connectivity index is 1.84. The highest BCUT2D eigenvalue weighted by atomic mass is 32.2. The summed E-state index contributed by atoms with van der Waals surface area (Å²) in [4.78, 5) is 5.36. The van der Waals surface area contributed by atoms with Gasteiger partial charge in [-0.1, -0.05) is 19.8 Å². The fourth-order valence-corrected chi connectivity index (χ4v) is 5.10. The van der Waals surface area contributed by atoms with E-state index in [4.69, 9.17) is 0 Å². The lowest BCUT2D eigenvalue weighted by atomic mass is 10.2. The molecule has 0 atom stereocenters. The van der Waals surface area contributed by atoms with E-state index in [0.717, 1.165) is 16.4 Å². The molecule has 1 saturated carbocycles. The third kappa shape index (κ3) is 4.85. The summed E-state index contributed by atoms with van der Waals surface area (Å²) in [7, 11) is -2.97. The van der Waals surface area contributed by atoms with E-state index in [1.165, 1.54) is 37.0 Å². The smallest absolute Gasteiger partial charge is 0.156 e. The minimum atomic E-state index is -2.97. The van der Waals surface area contributed by atoms with E-state index in [2.05, 4.69) is 10.3 Å². The van der Waals surface area contributed by atoms with Crippen molar-refractivity contribution in [3.05, 3.63) is 16.1 Å². The average molecular weight is 302 g/mol. The molecule has 1 aromatic rings. The topological polar surface area (TPSA) is 59.1 Å². The zero-order valence-electron chi connectivity index (χ0n) is 11.4. The van der Waals surface area contributed by atoms with Crippen LogP contribution in [-0.2, 0) is 22.1 Å². The minimum absolute atomic E-state index is 0.0922. The first kappa shape index (κ1) is 14.9. The number of sulfone groups is 1. The first-order valence-corrected chi connectivity index (χ1v) is 9.60. The zero-order valence-corrected chi connectivity index (χ0v) is 13.0. The third-order valence-electron chi connectivity index (χ3n) is 3.38. The Hall–Kier alpha value is -0.460. The van der Waals surface area contributed by atoms with Crippen LogP contribution in [0.25, 0.3) is 0 Å². The predicted octanol–water partition coefficient (Wildman–Crippen LogP) is 2.50. The van der Waals surface area contributed by atoms with Gasteiger partial charge in [0.15, 0.2) is 9.84 Å². The largest absolute Gasteiger partial charge is 0.309 e. The van der Waals surface area contributed by atoms with Gasteiger partial charge in [0, 0.05) is 23.7 Å². The normalized spacial score (nSPS) is 17.1. The van der Waals surface area contributed by atoms with Gasteiger partial charge in [-0.15, -0.1) is 11.3 Å². The molecule has 4 nitrogen and oxygen atoms in total. The third-order valence-corrected chi connectivity index (χ3v) is 6.30. The number of rotatable bonds is 7. The van der Waals surface area contributed by atoms with E-state index >= 15 is 0 Å². The van der Waals surface area contributed by atoms with E-state index in [0.29, 0.717) is 12.5 Å². The number of aromatic nitrogens is 1. The first-order chi connectivity index (χ1) is 9.09. The molecule has 0 spiro atoms. The number of thiazole rings is 1. The molecule has 1 N–H and O–H groups in total. The quantitative estimate of drug-likeness (QED) is 0.841. The molecular weight excluding hydrogens is 280 g/mol. The molecular formula is C13H22N2O2S2. The van der Waals surface area contributed by atoms with Crippen LogP contribution < -0.4 is 5.32 Å². The number of hydrogen-bond donors (Lipinski definition) is 1. The Bertz CT molecular complexity index is 490. The fraction of sp³-hybridized carbons (Fsp3) is 0.769. The standard InChI is InChI=1S/C13H22N2O2S2/c1-2-7-19(16,17)10-13-15-9-12(18-13)8-14-11-5-3-4-6-11/h9,11,14H,2-8,10H2,1H3. The molecule has 2 rings (SSSR count). The molecule has 1 fully saturated rings. The van der Waals surface area contributed by atoms with Gasteiger partial charge in [0.1, 0.15) is 10.8 Å². The van der Waals surface area contributed by atoms with Crippen molar-refractivity contribution >= 4 is 21.2 Å². The molecule has 0 aliphatic heterocycles. The Morgan fingerprint density at radius 2 is 2.16 bits per heavy atom. The van der Waals surface area contributed by atoms with Gasteiger partial charge in [-0.25, -0.2) is 13.4 Å². The predicted molar refractivity (Wildman–Crippen MR) is 79.0 cm³/mol. The van der Waals surface area contributed by atoms with Crippen molar-refractivity contribution in [1.82, 2.24) is 10.3 Å². The monoisotopic (exact) mass is 302 g/mol. The number of hydrogen-bond acceptors (Lipinski definition) is 5. The highest BCUT2D eigenvalue weighted by Crippen LogP contribution is 2.20. The van der Waals surface area contributed by atoms with Gasteiger partial charge < -0.3 is 5.32 Å². The van der Waals surface area contributed by atoms with Crippen molar-refractivity contribution in [2.45, 2.75) is 57.4 Å². The summed E-state index contributed by atoms with van der Waals surface area (Å²) >= 11 is 1.52. The van der Waals surface area contributed by atoms with Crippen molar-refractivity contribution in [3.63, 3.8) is 0 Å². The van der Waals surface area contributed by atoms with E-state index < -0.39 is 9.84 Å². The van der Waals surface area contributed by atoms with Gasteiger partial charge in [-0.3, -0.25) is 0 Å². The van der Waals surface area contributed by atoms with Crippen LogP contribution in [0.3, 0.4) is 0 Å². The summed E-state index contributed by atoms with van der Waals surface area (Å²) in [5, 5.41) is 4.24. The SMILES string of the molecule is CCCS(=O)(=O)Cc1ncc(CNC2CCCC2)s1. The molecule has 0 aromatic carbocycles. The second kappa shape index (κ2) is 6.81. The lowest BCUT2D eigenvalue weighted by Crippen LogP contribution is -2.24. The van der Waals surface area contributed by atoms with Crippen LogP contribution in [-0.4, -0.2) is 25.2 Å². The minimum Gasteiger partial charge on any atom is -0.309 e. The van der Waals surface area contributed by atoms with Gasteiger partial charge >= 0.3 is 0 Å². The van der Waals surface area contributed by atoms with Crippen molar-refractivity contribution in [2.24, 2.45) is 0 Å². The molecule has 0 bridgehead atoms. The zero-order chi connectivity index (χ0) is 13.7. The van der Waals surface area contributed by atoms with Crippen molar-refractivity contribution < 1.29 is 8.42 Å². The Morgan fingerprint density at radius 3 is 2.84 bits per heavy atom. The second-order valence-electron chi connectivity index (χ2n) is 5.17. The molecule has 0 unspecified atom stereocenters. The fourth-order valence-electron chi connectivity index (χ4n) is 2.44. The van der Waals surface area contributed by atoms with Gasteiger partial charge in [-0.05, 0) is 19.3 Å². The van der Waals surface area contributed by atoms with Crippen LogP contribution in [0, 0.1) is 0 Å². The van der Waals surface area contributed by atoms with Gasteiger partial charge in [0.05, 0.1) is 5.75 Å². The van der Waals surface area contributed by atoms with Crippen LogP contribution in [0.5, 0.6) is 0 Å². The summed E-state index contributed by atoms with van der Waals surface area (Å²) in [5.41, 5.74) is 0. The highest BCUT2D eigenvalue weighted by molar-refractivity contribution is 7.90. The van der Waals surface area contributed by atoms with Crippen molar-refractivity contribution in [1.29, 1.82) is 0 Å². The van der Waals surface area contributed by atoms with Gasteiger partial charge in [-0.2, -0.15) is 0 Å². The lowest BCUT2D eigenvalue weighted by molar-refractivity contribution is 0.527. The Labute approximate surface area is 119 Å². The Kier molecular flexibility index (Phi) is 5.36. The van der Waals surface area contributed by atoms with Crippen LogP contribution in [0.4, 0.5) is 0 Å². The molecule has 0 radical (unpaired) electrons. The first-order valence-electron chi connectivity index (χ1n) is 6.96. The second-order valence-corrected chi connectivity index (χ2v) is 8.56. The van der Waals surface area contributed by atoms with E-state index in [1.54, 1.807) is 0 Å². The molecule has 0 saturated heterocycles. The summed E-state index contributed by atoms with van der Waals surface area (Å²) in [6, 6.07) is 0.634. The van der Waals surface area contributed by atoms with Gasteiger partial charge in [0.2, 0.25) is 0 Å². The Morgan fingerprint density at radius 1 is 1.42 bits per heavy atom. The molecule has 1 aromatic heterocycles. The van der Waals surface area contributed by atoms with Crippen LogP contribution in [0.15, 0.2) is 6.20 Å². The maximum atomic E-state index is 11.7. The highest BCUT2D eigenvalue weighted by Gasteiger charge is 2.16. The summed E-state index contributed by atoms with van der Waals surface area (Å²) in [6.07, 6.45) is 7.64. The molecule has 1 aliphatic rings. The van der Waals surface area contributed by atoms with Crippen LogP contribution >= 0.6 is 11.3 Å². The summed E-state index contributed by atoms with van der Waals surface area (Å²) in [5.74, 6) is 0.344. The molecule has 0 amide bonds. The molecule has 19 heavy (non-hydrogen) atoms. The lowest BCUT2D eigenvalue weighted by Gasteiger charge is -2.09. The summed E-state index contributed by atoms with van der Waals surface area (Å²) < 4.78 is 23.5. The van der Waals surface area contributed by atoms with Crippen LogP contribution in [0.2, 0.25) is 0 Å².